The molecule has 116 valence electrons. The molecule has 4 nitrogen and oxygen atoms in total. The monoisotopic (exact) mass is 291 g/mol. The Kier molecular flexibility index (Phi) is 5.37. The molecule has 0 radical (unpaired) electrons. The number of piperidine rings is 1. The van der Waals surface area contributed by atoms with Crippen LogP contribution in [0.1, 0.15) is 24.0 Å². The van der Waals surface area contributed by atoms with Gasteiger partial charge in [0.25, 0.3) is 0 Å². The highest BCUT2D eigenvalue weighted by Gasteiger charge is 2.37. The summed E-state index contributed by atoms with van der Waals surface area (Å²) < 4.78 is 4.94. The number of rotatable bonds is 5. The van der Waals surface area contributed by atoms with E-state index in [2.05, 4.69) is 19.1 Å². The van der Waals surface area contributed by atoms with Crippen molar-refractivity contribution in [3.8, 4) is 0 Å². The van der Waals surface area contributed by atoms with E-state index in [4.69, 9.17) is 4.74 Å². The lowest BCUT2D eigenvalue weighted by Gasteiger charge is -2.42. The van der Waals surface area contributed by atoms with Gasteiger partial charge in [0.05, 0.1) is 6.61 Å². The first kappa shape index (κ1) is 16.0. The number of amides is 1. The molecule has 1 fully saturated rings. The van der Waals surface area contributed by atoms with E-state index in [1.165, 1.54) is 18.2 Å². The van der Waals surface area contributed by atoms with Crippen molar-refractivity contribution in [1.29, 1.82) is 0 Å². The molecule has 21 heavy (non-hydrogen) atoms. The maximum Gasteiger partial charge on any atom is 0.248 e. The van der Waals surface area contributed by atoms with Gasteiger partial charge in [0.2, 0.25) is 5.91 Å². The molecule has 0 bridgehead atoms. The standard InChI is InChI=1S/C17H25NO3/c1-14-6-3-4-7-15(14)10-17(13-19)8-5-9-18(12-17)16(20)11-21-2/h3-4,6-7,19H,5,8-13H2,1-2H3. The molecule has 2 rings (SSSR count). The Balaban J connectivity index is 2.13. The first-order chi connectivity index (χ1) is 10.1. The number of aliphatic hydroxyl groups is 1. The fourth-order valence-electron chi connectivity index (χ4n) is 3.18. The van der Waals surface area contributed by atoms with E-state index >= 15 is 0 Å². The van der Waals surface area contributed by atoms with Gasteiger partial charge < -0.3 is 14.7 Å². The second-order valence-corrected chi connectivity index (χ2v) is 6.11. The SMILES string of the molecule is COCC(=O)N1CCCC(CO)(Cc2ccccc2C)C1. The molecule has 0 aromatic heterocycles. The van der Waals surface area contributed by atoms with Gasteiger partial charge in [-0.1, -0.05) is 24.3 Å². The number of aliphatic hydroxyl groups excluding tert-OH is 1. The van der Waals surface area contributed by atoms with Gasteiger partial charge >= 0.3 is 0 Å². The van der Waals surface area contributed by atoms with Crippen LogP contribution in [0, 0.1) is 12.3 Å². The molecule has 1 aromatic rings. The lowest BCUT2D eigenvalue weighted by Crippen LogP contribution is -2.49. The molecule has 1 saturated heterocycles. The van der Waals surface area contributed by atoms with Gasteiger partial charge in [-0.2, -0.15) is 0 Å². The van der Waals surface area contributed by atoms with Gasteiger partial charge in [-0.25, -0.2) is 0 Å². The van der Waals surface area contributed by atoms with Crippen LogP contribution in [0.25, 0.3) is 0 Å². The van der Waals surface area contributed by atoms with Crippen LogP contribution in [0.2, 0.25) is 0 Å². The minimum absolute atomic E-state index is 0.0137. The van der Waals surface area contributed by atoms with Crippen LogP contribution in [-0.2, 0) is 16.0 Å². The minimum Gasteiger partial charge on any atom is -0.396 e. The highest BCUT2D eigenvalue weighted by atomic mass is 16.5. The molecule has 1 N–H and O–H groups in total. The lowest BCUT2D eigenvalue weighted by molar-refractivity contribution is -0.139. The second-order valence-electron chi connectivity index (χ2n) is 6.11. The van der Waals surface area contributed by atoms with Crippen molar-refractivity contribution in [1.82, 2.24) is 4.90 Å². The van der Waals surface area contributed by atoms with Gasteiger partial charge in [0.15, 0.2) is 0 Å². The maximum atomic E-state index is 12.0. The summed E-state index contributed by atoms with van der Waals surface area (Å²) in [5.74, 6) is 0.0137. The van der Waals surface area contributed by atoms with Gasteiger partial charge in [-0.3, -0.25) is 4.79 Å². The normalized spacial score (nSPS) is 22.3. The zero-order chi connectivity index (χ0) is 15.3. The molecule has 0 saturated carbocycles. The average molecular weight is 291 g/mol. The maximum absolute atomic E-state index is 12.0. The highest BCUT2D eigenvalue weighted by molar-refractivity contribution is 5.77. The summed E-state index contributed by atoms with van der Waals surface area (Å²) in [5, 5.41) is 9.95. The van der Waals surface area contributed by atoms with Crippen LogP contribution in [0.5, 0.6) is 0 Å². The molecule has 1 aromatic carbocycles. The quantitative estimate of drug-likeness (QED) is 0.900. The van der Waals surface area contributed by atoms with E-state index in [-0.39, 0.29) is 24.5 Å². The van der Waals surface area contributed by atoms with E-state index < -0.39 is 0 Å². The summed E-state index contributed by atoms with van der Waals surface area (Å²) in [7, 11) is 1.54. The van der Waals surface area contributed by atoms with Gasteiger partial charge in [0, 0.05) is 25.6 Å². The van der Waals surface area contributed by atoms with Crippen molar-refractivity contribution in [3.05, 3.63) is 35.4 Å². The first-order valence-corrected chi connectivity index (χ1v) is 7.52. The summed E-state index contributed by atoms with van der Waals surface area (Å²) in [6.07, 6.45) is 2.70. The third-order valence-corrected chi connectivity index (χ3v) is 4.44. The van der Waals surface area contributed by atoms with E-state index in [0.717, 1.165) is 25.8 Å². The predicted octanol–water partition coefficient (Wildman–Crippen LogP) is 1.79. The highest BCUT2D eigenvalue weighted by Crippen LogP contribution is 2.34. The fraction of sp³-hybridized carbons (Fsp3) is 0.588. The molecular formula is C17H25NO3. The van der Waals surface area contributed by atoms with Crippen LogP contribution in [0.3, 0.4) is 0 Å². The third kappa shape index (κ3) is 3.83. The van der Waals surface area contributed by atoms with Crippen molar-refractivity contribution in [2.75, 3.05) is 33.4 Å². The van der Waals surface area contributed by atoms with Crippen molar-refractivity contribution >= 4 is 5.91 Å². The Hall–Kier alpha value is -1.39. The van der Waals surface area contributed by atoms with Crippen molar-refractivity contribution in [3.63, 3.8) is 0 Å². The van der Waals surface area contributed by atoms with Gasteiger partial charge in [0.1, 0.15) is 6.61 Å². The first-order valence-electron chi connectivity index (χ1n) is 7.52. The number of nitrogens with zero attached hydrogens (tertiary/aromatic N) is 1. The van der Waals surface area contributed by atoms with Crippen molar-refractivity contribution in [2.45, 2.75) is 26.2 Å². The Bertz CT molecular complexity index is 489. The van der Waals surface area contributed by atoms with Crippen LogP contribution >= 0.6 is 0 Å². The Morgan fingerprint density at radius 2 is 2.19 bits per heavy atom. The average Bonchev–Trinajstić information content (AvgIpc) is 2.50. The number of hydrogen-bond donors (Lipinski definition) is 1. The number of ether oxygens (including phenoxy) is 1. The van der Waals surface area contributed by atoms with E-state index in [1.807, 2.05) is 17.0 Å². The summed E-state index contributed by atoms with van der Waals surface area (Å²) >= 11 is 0. The van der Waals surface area contributed by atoms with Crippen LogP contribution in [0.4, 0.5) is 0 Å². The van der Waals surface area contributed by atoms with Crippen molar-refractivity contribution in [2.24, 2.45) is 5.41 Å². The van der Waals surface area contributed by atoms with Crippen LogP contribution in [-0.4, -0.2) is 49.3 Å². The largest absolute Gasteiger partial charge is 0.396 e. The number of aryl methyl sites for hydroxylation is 1. The Morgan fingerprint density at radius 3 is 2.86 bits per heavy atom. The molecule has 1 atom stereocenters. The molecule has 0 spiro atoms. The second kappa shape index (κ2) is 7.05. The number of methoxy groups -OCH3 is 1. The summed E-state index contributed by atoms with van der Waals surface area (Å²) in [6.45, 7) is 3.69. The smallest absolute Gasteiger partial charge is 0.248 e. The fourth-order valence-corrected chi connectivity index (χ4v) is 3.18. The van der Waals surface area contributed by atoms with Gasteiger partial charge in [-0.05, 0) is 37.3 Å². The van der Waals surface area contributed by atoms with E-state index in [1.54, 1.807) is 0 Å². The lowest BCUT2D eigenvalue weighted by atomic mass is 9.75. The minimum atomic E-state index is -0.228. The molecule has 4 heteroatoms. The number of hydrogen-bond acceptors (Lipinski definition) is 3. The number of likely N-dealkylation sites (tertiary alicyclic amines) is 1. The number of benzene rings is 1. The Morgan fingerprint density at radius 1 is 1.43 bits per heavy atom. The topological polar surface area (TPSA) is 49.8 Å². The Labute approximate surface area is 126 Å². The zero-order valence-corrected chi connectivity index (χ0v) is 13.0. The van der Waals surface area contributed by atoms with Crippen molar-refractivity contribution < 1.29 is 14.6 Å². The number of carbonyl (C=O) groups is 1. The van der Waals surface area contributed by atoms with Gasteiger partial charge in [-0.15, -0.1) is 0 Å². The summed E-state index contributed by atoms with van der Waals surface area (Å²) in [5.41, 5.74) is 2.27. The van der Waals surface area contributed by atoms with Crippen LogP contribution < -0.4 is 0 Å². The van der Waals surface area contributed by atoms with E-state index in [9.17, 15) is 9.90 Å². The molecular weight excluding hydrogens is 266 g/mol. The molecule has 1 aliphatic heterocycles. The molecule has 0 aliphatic carbocycles. The third-order valence-electron chi connectivity index (χ3n) is 4.44. The molecule has 1 unspecified atom stereocenters. The number of carbonyl (C=O) groups excluding carboxylic acids is 1. The zero-order valence-electron chi connectivity index (χ0n) is 13.0. The molecule has 1 amide bonds. The summed E-state index contributed by atoms with van der Waals surface area (Å²) in [6, 6.07) is 8.27. The molecule has 1 heterocycles. The van der Waals surface area contributed by atoms with E-state index in [0.29, 0.717) is 6.54 Å². The molecule has 1 aliphatic rings. The predicted molar refractivity (Wildman–Crippen MR) is 82.1 cm³/mol. The van der Waals surface area contributed by atoms with Crippen LogP contribution in [0.15, 0.2) is 24.3 Å². The summed E-state index contributed by atoms with van der Waals surface area (Å²) in [4.78, 5) is 13.9.